The van der Waals surface area contributed by atoms with Gasteiger partial charge in [0.25, 0.3) is 0 Å². The number of hydrogen-bond acceptors (Lipinski definition) is 5. The number of hydrogen-bond donors (Lipinski definition) is 1. The lowest BCUT2D eigenvalue weighted by Gasteiger charge is -2.14. The minimum absolute atomic E-state index is 0.0263. The number of sulfonamides is 1. The molecule has 1 heterocycles. The predicted octanol–water partition coefficient (Wildman–Crippen LogP) is 1.13. The molecule has 0 aliphatic rings. The van der Waals surface area contributed by atoms with Crippen molar-refractivity contribution >= 4 is 20.9 Å². The third kappa shape index (κ3) is 3.13. The third-order valence-electron chi connectivity index (χ3n) is 2.85. The van der Waals surface area contributed by atoms with Gasteiger partial charge in [0.05, 0.1) is 12.1 Å². The third-order valence-corrected chi connectivity index (χ3v) is 4.31. The second-order valence-electron chi connectivity index (χ2n) is 4.08. The number of aromatic nitrogens is 1. The summed E-state index contributed by atoms with van der Waals surface area (Å²) in [5.41, 5.74) is 0.439. The van der Waals surface area contributed by atoms with Gasteiger partial charge in [-0.1, -0.05) is 18.2 Å². The van der Waals surface area contributed by atoms with Crippen LogP contribution in [0.15, 0.2) is 41.4 Å². The largest absolute Gasteiger partial charge is 0.355 e. The van der Waals surface area contributed by atoms with E-state index in [9.17, 15) is 8.42 Å². The van der Waals surface area contributed by atoms with Crippen molar-refractivity contribution in [2.24, 2.45) is 0 Å². The Morgan fingerprint density at radius 1 is 1.20 bits per heavy atom. The average molecular weight is 296 g/mol. The number of methoxy groups -OCH3 is 2. The fourth-order valence-corrected chi connectivity index (χ4v) is 3.01. The zero-order valence-electron chi connectivity index (χ0n) is 11.2. The van der Waals surface area contributed by atoms with Crippen LogP contribution in [0.25, 0.3) is 10.9 Å². The van der Waals surface area contributed by atoms with E-state index in [1.165, 1.54) is 20.3 Å². The second-order valence-corrected chi connectivity index (χ2v) is 5.82. The summed E-state index contributed by atoms with van der Waals surface area (Å²) < 4.78 is 37.0. The summed E-state index contributed by atoms with van der Waals surface area (Å²) in [7, 11) is -0.782. The summed E-state index contributed by atoms with van der Waals surface area (Å²) in [5.74, 6) is 0. The zero-order chi connectivity index (χ0) is 14.6. The van der Waals surface area contributed by atoms with Gasteiger partial charge in [-0.3, -0.25) is 4.98 Å². The maximum Gasteiger partial charge on any atom is 0.242 e. The number of ether oxygens (including phenoxy) is 2. The van der Waals surface area contributed by atoms with Crippen LogP contribution in [0.3, 0.4) is 0 Å². The molecule has 0 bridgehead atoms. The van der Waals surface area contributed by atoms with E-state index in [1.807, 2.05) is 12.1 Å². The van der Waals surface area contributed by atoms with Crippen molar-refractivity contribution < 1.29 is 17.9 Å². The number of pyridine rings is 1. The quantitative estimate of drug-likeness (QED) is 0.809. The highest BCUT2D eigenvalue weighted by Crippen LogP contribution is 2.20. The Labute approximate surface area is 117 Å². The Balaban J connectivity index is 2.32. The summed E-state index contributed by atoms with van der Waals surface area (Å²) in [6.45, 7) is 0.0263. The number of fused-ring (bicyclic) bond motifs is 1. The molecule has 6 nitrogen and oxygen atoms in total. The molecule has 2 rings (SSSR count). The monoisotopic (exact) mass is 296 g/mol. The van der Waals surface area contributed by atoms with E-state index in [1.54, 1.807) is 18.3 Å². The molecule has 0 spiro atoms. The summed E-state index contributed by atoms with van der Waals surface area (Å²) in [6, 6.07) is 8.59. The molecule has 0 amide bonds. The smallest absolute Gasteiger partial charge is 0.242 e. The van der Waals surface area contributed by atoms with Gasteiger partial charge in [0.15, 0.2) is 6.29 Å². The lowest BCUT2D eigenvalue weighted by atomic mass is 10.2. The minimum Gasteiger partial charge on any atom is -0.355 e. The predicted molar refractivity (Wildman–Crippen MR) is 74.7 cm³/mol. The highest BCUT2D eigenvalue weighted by molar-refractivity contribution is 7.89. The molecule has 0 fully saturated rings. The maximum absolute atomic E-state index is 12.3. The number of benzene rings is 1. The molecule has 0 saturated heterocycles. The van der Waals surface area contributed by atoms with Crippen LogP contribution in [0, 0.1) is 0 Å². The van der Waals surface area contributed by atoms with Crippen LogP contribution in [0.4, 0.5) is 0 Å². The highest BCUT2D eigenvalue weighted by atomic mass is 32.2. The van der Waals surface area contributed by atoms with E-state index in [-0.39, 0.29) is 11.4 Å². The molecule has 0 atom stereocenters. The lowest BCUT2D eigenvalue weighted by molar-refractivity contribution is -0.0960. The van der Waals surface area contributed by atoms with Crippen LogP contribution in [0.2, 0.25) is 0 Å². The van der Waals surface area contributed by atoms with Crippen LogP contribution in [-0.2, 0) is 19.5 Å². The summed E-state index contributed by atoms with van der Waals surface area (Å²) in [5, 5.41) is 0.769. The van der Waals surface area contributed by atoms with Crippen molar-refractivity contribution in [1.82, 2.24) is 9.71 Å². The molecule has 20 heavy (non-hydrogen) atoms. The number of nitrogens with one attached hydrogen (secondary N) is 1. The van der Waals surface area contributed by atoms with Crippen molar-refractivity contribution in [2.75, 3.05) is 20.8 Å². The number of nitrogens with zero attached hydrogens (tertiary/aromatic N) is 1. The molecule has 108 valence electrons. The number of rotatable bonds is 6. The van der Waals surface area contributed by atoms with Gasteiger partial charge in [-0.25, -0.2) is 13.1 Å². The molecule has 2 aromatic rings. The Hall–Kier alpha value is -1.54. The van der Waals surface area contributed by atoms with Crippen molar-refractivity contribution in [2.45, 2.75) is 11.2 Å². The molecule has 7 heteroatoms. The van der Waals surface area contributed by atoms with E-state index < -0.39 is 16.3 Å². The Morgan fingerprint density at radius 3 is 2.60 bits per heavy atom. The van der Waals surface area contributed by atoms with Gasteiger partial charge in [-0.2, -0.15) is 0 Å². The highest BCUT2D eigenvalue weighted by Gasteiger charge is 2.19. The first-order chi connectivity index (χ1) is 9.58. The zero-order valence-corrected chi connectivity index (χ0v) is 12.1. The van der Waals surface area contributed by atoms with Gasteiger partial charge in [-0.05, 0) is 12.1 Å². The first-order valence-corrected chi connectivity index (χ1v) is 7.46. The Morgan fingerprint density at radius 2 is 1.90 bits per heavy atom. The molecule has 1 aromatic heterocycles. The van der Waals surface area contributed by atoms with Crippen molar-refractivity contribution in [3.05, 3.63) is 36.5 Å². The molecule has 1 aromatic carbocycles. The van der Waals surface area contributed by atoms with Crippen LogP contribution in [0.1, 0.15) is 0 Å². The second kappa shape index (κ2) is 6.27. The fourth-order valence-electron chi connectivity index (χ4n) is 1.81. The lowest BCUT2D eigenvalue weighted by Crippen LogP contribution is -2.34. The van der Waals surface area contributed by atoms with Crippen molar-refractivity contribution in [1.29, 1.82) is 0 Å². The van der Waals surface area contributed by atoms with Gasteiger partial charge < -0.3 is 9.47 Å². The first kappa shape index (κ1) is 14.9. The molecule has 0 saturated carbocycles. The van der Waals surface area contributed by atoms with Gasteiger partial charge in [-0.15, -0.1) is 0 Å². The van der Waals surface area contributed by atoms with E-state index in [2.05, 4.69) is 9.71 Å². The van der Waals surface area contributed by atoms with Crippen LogP contribution in [0.5, 0.6) is 0 Å². The molecule has 0 aliphatic heterocycles. The van der Waals surface area contributed by atoms with E-state index in [4.69, 9.17) is 9.47 Å². The maximum atomic E-state index is 12.3. The molecule has 1 N–H and O–H groups in total. The van der Waals surface area contributed by atoms with Gasteiger partial charge >= 0.3 is 0 Å². The normalized spacial score (nSPS) is 12.2. The van der Waals surface area contributed by atoms with Crippen LogP contribution < -0.4 is 4.72 Å². The molecular formula is C13H16N2O4S. The van der Waals surface area contributed by atoms with Crippen molar-refractivity contribution in [3.63, 3.8) is 0 Å². The summed E-state index contributed by atoms with van der Waals surface area (Å²) >= 11 is 0. The van der Waals surface area contributed by atoms with E-state index in [0.717, 1.165) is 5.39 Å². The first-order valence-electron chi connectivity index (χ1n) is 5.97. The van der Waals surface area contributed by atoms with Crippen LogP contribution >= 0.6 is 0 Å². The van der Waals surface area contributed by atoms with Gasteiger partial charge in [0.1, 0.15) is 4.90 Å². The number of para-hydroxylation sites is 1. The molecular weight excluding hydrogens is 280 g/mol. The summed E-state index contributed by atoms with van der Waals surface area (Å²) in [6.07, 6.45) is 0.932. The van der Waals surface area contributed by atoms with E-state index >= 15 is 0 Å². The molecule has 0 unspecified atom stereocenters. The van der Waals surface area contributed by atoms with Gasteiger partial charge in [0, 0.05) is 25.8 Å². The fraction of sp³-hybridized carbons (Fsp3) is 0.308. The average Bonchev–Trinajstić information content (AvgIpc) is 2.47. The minimum atomic E-state index is -3.67. The SMILES string of the molecule is COC(CNS(=O)(=O)c1cccc2cccnc12)OC. The van der Waals surface area contributed by atoms with Crippen LogP contribution in [-0.4, -0.2) is 40.5 Å². The molecule has 0 radical (unpaired) electrons. The Kier molecular flexibility index (Phi) is 4.66. The standard InChI is InChI=1S/C13H16N2O4S/c1-18-12(19-2)9-15-20(16,17)11-7-3-5-10-6-4-8-14-13(10)11/h3-8,12,15H,9H2,1-2H3. The topological polar surface area (TPSA) is 77.5 Å². The van der Waals surface area contributed by atoms with Gasteiger partial charge in [0.2, 0.25) is 10.0 Å². The molecule has 0 aliphatic carbocycles. The summed E-state index contributed by atoms with van der Waals surface area (Å²) in [4.78, 5) is 4.27. The van der Waals surface area contributed by atoms with Crippen molar-refractivity contribution in [3.8, 4) is 0 Å². The Bertz CT molecular complexity index is 678. The van der Waals surface area contributed by atoms with E-state index in [0.29, 0.717) is 5.52 Å².